The second-order valence-electron chi connectivity index (χ2n) is 7.14. The molecule has 2 aliphatic rings. The summed E-state index contributed by atoms with van der Waals surface area (Å²) in [6.45, 7) is 1.62. The van der Waals surface area contributed by atoms with Crippen LogP contribution in [0.3, 0.4) is 0 Å². The van der Waals surface area contributed by atoms with E-state index in [1.165, 1.54) is 13.2 Å². The lowest BCUT2D eigenvalue weighted by atomic mass is 9.77. The molecule has 6 nitrogen and oxygen atoms in total. The lowest BCUT2D eigenvalue weighted by Gasteiger charge is -2.31. The number of methoxy groups -OCH3 is 1. The van der Waals surface area contributed by atoms with Gasteiger partial charge in [0.25, 0.3) is 0 Å². The number of Topliss-reactive ketones (excluding diaryl/α,β-unsaturated/α-hetero) is 1. The van der Waals surface area contributed by atoms with Gasteiger partial charge < -0.3 is 24.8 Å². The Morgan fingerprint density at radius 2 is 1.96 bits per heavy atom. The van der Waals surface area contributed by atoms with Gasteiger partial charge in [-0.2, -0.15) is 0 Å². The Labute approximate surface area is 150 Å². The molecule has 2 aromatic rings. The lowest BCUT2D eigenvalue weighted by Crippen LogP contribution is -2.36. The first-order chi connectivity index (χ1) is 12.3. The molecule has 0 amide bonds. The zero-order valence-electron chi connectivity index (χ0n) is 14.5. The summed E-state index contributed by atoms with van der Waals surface area (Å²) in [5.41, 5.74) is 1.33. The van der Waals surface area contributed by atoms with E-state index in [0.717, 1.165) is 0 Å². The topological polar surface area (TPSA) is 96.2 Å². The van der Waals surface area contributed by atoms with E-state index in [9.17, 15) is 20.1 Å². The van der Waals surface area contributed by atoms with Gasteiger partial charge in [0.2, 0.25) is 0 Å². The monoisotopic (exact) mass is 356 g/mol. The number of aromatic hydroxyl groups is 1. The van der Waals surface area contributed by atoms with Gasteiger partial charge in [-0.05, 0) is 24.6 Å². The van der Waals surface area contributed by atoms with Crippen LogP contribution in [0.4, 0.5) is 0 Å². The second kappa shape index (κ2) is 5.81. The molecule has 1 heterocycles. The van der Waals surface area contributed by atoms with Crippen LogP contribution in [-0.2, 0) is 11.2 Å². The third kappa shape index (κ3) is 2.49. The highest BCUT2D eigenvalue weighted by atomic mass is 16.6. The molecule has 0 unspecified atom stereocenters. The van der Waals surface area contributed by atoms with Gasteiger partial charge in [0.1, 0.15) is 17.6 Å². The highest BCUT2D eigenvalue weighted by Crippen LogP contribution is 2.50. The number of phenolic OH excluding ortho intramolecular Hbond substituents is 1. The van der Waals surface area contributed by atoms with E-state index in [1.807, 2.05) is 0 Å². The average molecular weight is 356 g/mol. The number of aliphatic hydroxyl groups excluding tert-OH is 1. The number of carbonyl (C=O) groups is 1. The minimum Gasteiger partial charge on any atom is -0.508 e. The fourth-order valence-electron chi connectivity index (χ4n) is 4.02. The van der Waals surface area contributed by atoms with Crippen molar-refractivity contribution in [3.05, 3.63) is 58.1 Å². The molecule has 1 aliphatic heterocycles. The molecular weight excluding hydrogens is 336 g/mol. The number of fused-ring (bicyclic) bond motifs is 2. The molecular formula is C20H20O6. The Morgan fingerprint density at radius 1 is 1.19 bits per heavy atom. The minimum absolute atomic E-state index is 0.0372. The highest BCUT2D eigenvalue weighted by Gasteiger charge is 2.41. The highest BCUT2D eigenvalue weighted by molar-refractivity contribution is 6.01. The number of hydrogen-bond acceptors (Lipinski definition) is 6. The first-order valence-corrected chi connectivity index (χ1v) is 8.43. The number of ketones is 1. The fourth-order valence-corrected chi connectivity index (χ4v) is 4.02. The number of carbonyl (C=O) groups excluding carboxylic acids is 1. The van der Waals surface area contributed by atoms with Crippen molar-refractivity contribution in [2.75, 3.05) is 7.11 Å². The maximum Gasteiger partial charge on any atom is 0.182 e. The Kier molecular flexibility index (Phi) is 3.80. The van der Waals surface area contributed by atoms with Gasteiger partial charge in [-0.3, -0.25) is 4.79 Å². The lowest BCUT2D eigenvalue weighted by molar-refractivity contribution is -0.109. The number of benzene rings is 2. The van der Waals surface area contributed by atoms with Gasteiger partial charge in [0, 0.05) is 35.1 Å². The summed E-state index contributed by atoms with van der Waals surface area (Å²) in [4.78, 5) is 12.8. The van der Waals surface area contributed by atoms with Crippen molar-refractivity contribution in [2.24, 2.45) is 0 Å². The largest absolute Gasteiger partial charge is 0.508 e. The van der Waals surface area contributed by atoms with Crippen molar-refractivity contribution in [1.29, 1.82) is 0 Å². The smallest absolute Gasteiger partial charge is 0.182 e. The minimum atomic E-state index is -1.18. The molecule has 0 saturated heterocycles. The van der Waals surface area contributed by atoms with E-state index in [0.29, 0.717) is 40.0 Å². The van der Waals surface area contributed by atoms with Gasteiger partial charge in [-0.1, -0.05) is 18.2 Å². The number of ether oxygens (including phenoxy) is 2. The van der Waals surface area contributed by atoms with E-state index >= 15 is 0 Å². The molecule has 0 spiro atoms. The Bertz CT molecular complexity index is 901. The molecule has 1 aliphatic carbocycles. The van der Waals surface area contributed by atoms with Crippen LogP contribution < -0.4 is 4.74 Å². The van der Waals surface area contributed by atoms with Crippen LogP contribution in [0, 0.1) is 0 Å². The first kappa shape index (κ1) is 17.0. The summed E-state index contributed by atoms with van der Waals surface area (Å²) in [5.74, 6) is 0.162. The SMILES string of the molecule is COc1cccc2c1[C@H](c1c(O)ccc3c1C(=O)C[C@](C)(O)C3)O[C@H]2O. The second-order valence-corrected chi connectivity index (χ2v) is 7.14. The van der Waals surface area contributed by atoms with E-state index < -0.39 is 18.0 Å². The van der Waals surface area contributed by atoms with Crippen molar-refractivity contribution in [3.63, 3.8) is 0 Å². The van der Waals surface area contributed by atoms with E-state index in [2.05, 4.69) is 0 Å². The van der Waals surface area contributed by atoms with Crippen molar-refractivity contribution >= 4 is 5.78 Å². The molecule has 6 heteroatoms. The first-order valence-electron chi connectivity index (χ1n) is 8.43. The Hall–Kier alpha value is -2.41. The molecule has 3 atom stereocenters. The molecule has 2 aromatic carbocycles. The van der Waals surface area contributed by atoms with Crippen molar-refractivity contribution in [2.45, 2.75) is 37.8 Å². The number of aliphatic hydroxyl groups is 2. The van der Waals surface area contributed by atoms with Crippen LogP contribution >= 0.6 is 0 Å². The number of phenols is 1. The Morgan fingerprint density at radius 3 is 2.69 bits per heavy atom. The molecule has 136 valence electrons. The third-order valence-corrected chi connectivity index (χ3v) is 5.08. The molecule has 0 fully saturated rings. The van der Waals surface area contributed by atoms with E-state index in [-0.39, 0.29) is 18.0 Å². The molecule has 0 saturated carbocycles. The van der Waals surface area contributed by atoms with E-state index in [4.69, 9.17) is 9.47 Å². The molecule has 0 radical (unpaired) electrons. The maximum absolute atomic E-state index is 12.8. The molecule has 26 heavy (non-hydrogen) atoms. The summed E-state index contributed by atoms with van der Waals surface area (Å²) in [6, 6.07) is 8.35. The van der Waals surface area contributed by atoms with Crippen molar-refractivity contribution in [3.8, 4) is 11.5 Å². The van der Waals surface area contributed by atoms with Crippen LogP contribution in [0.1, 0.15) is 58.4 Å². The van der Waals surface area contributed by atoms with Gasteiger partial charge in [0.05, 0.1) is 12.7 Å². The van der Waals surface area contributed by atoms with Gasteiger partial charge in [-0.15, -0.1) is 0 Å². The molecule has 4 rings (SSSR count). The maximum atomic E-state index is 12.8. The zero-order valence-corrected chi connectivity index (χ0v) is 14.5. The van der Waals surface area contributed by atoms with Crippen LogP contribution in [0.25, 0.3) is 0 Å². The van der Waals surface area contributed by atoms with Gasteiger partial charge >= 0.3 is 0 Å². The zero-order chi connectivity index (χ0) is 18.6. The van der Waals surface area contributed by atoms with Crippen molar-refractivity contribution in [1.82, 2.24) is 0 Å². The summed E-state index contributed by atoms with van der Waals surface area (Å²) in [7, 11) is 1.51. The van der Waals surface area contributed by atoms with E-state index in [1.54, 1.807) is 31.2 Å². The summed E-state index contributed by atoms with van der Waals surface area (Å²) < 4.78 is 11.1. The summed E-state index contributed by atoms with van der Waals surface area (Å²) >= 11 is 0. The average Bonchev–Trinajstić information content (AvgIpc) is 2.91. The normalized spacial score (nSPS) is 27.2. The molecule has 0 bridgehead atoms. The van der Waals surface area contributed by atoms with Crippen LogP contribution in [-0.4, -0.2) is 33.8 Å². The number of rotatable bonds is 2. The summed E-state index contributed by atoms with van der Waals surface area (Å²) in [6.07, 6.45) is -1.75. The standard InChI is InChI=1S/C20H20O6/c1-20(24)8-10-6-7-12(21)17(15(10)13(22)9-20)18-16-11(19(23)26-18)4-3-5-14(16)25-2/h3-7,18-19,21,23-24H,8-9H2,1-2H3/t18-,19-,20-/m1/s1. The molecule has 3 N–H and O–H groups in total. The van der Waals surface area contributed by atoms with Gasteiger partial charge in [-0.25, -0.2) is 0 Å². The predicted octanol–water partition coefficient (Wildman–Crippen LogP) is 2.39. The van der Waals surface area contributed by atoms with Crippen LogP contribution in [0.5, 0.6) is 11.5 Å². The van der Waals surface area contributed by atoms with Crippen LogP contribution in [0.2, 0.25) is 0 Å². The predicted molar refractivity (Wildman–Crippen MR) is 92.3 cm³/mol. The Balaban J connectivity index is 1.94. The van der Waals surface area contributed by atoms with Crippen molar-refractivity contribution < 1.29 is 29.6 Å². The summed E-state index contributed by atoms with van der Waals surface area (Å²) in [5, 5.41) is 31.2. The number of hydrogen-bond donors (Lipinski definition) is 3. The third-order valence-electron chi connectivity index (χ3n) is 5.08. The fraction of sp³-hybridized carbons (Fsp3) is 0.350. The van der Waals surface area contributed by atoms with Crippen LogP contribution in [0.15, 0.2) is 30.3 Å². The van der Waals surface area contributed by atoms with Gasteiger partial charge in [0.15, 0.2) is 12.1 Å². The molecule has 0 aromatic heterocycles. The quantitative estimate of drug-likeness (QED) is 0.765.